The minimum absolute atomic E-state index is 0.0186. The molecule has 1 N–H and O–H groups in total. The van der Waals surface area contributed by atoms with Crippen molar-refractivity contribution < 1.29 is 36.2 Å². The number of aliphatic imine (C=N–C) groups is 1. The van der Waals surface area contributed by atoms with Gasteiger partial charge in [0.05, 0.1) is 17.8 Å². The molecule has 46 heavy (non-hydrogen) atoms. The van der Waals surface area contributed by atoms with Gasteiger partial charge in [-0.15, -0.1) is 30.0 Å². The van der Waals surface area contributed by atoms with Crippen LogP contribution in [0.3, 0.4) is 0 Å². The molecule has 0 spiro atoms. The number of nitrogens with zero attached hydrogens (tertiary/aromatic N) is 4. The molecular weight excluding hydrogens is 629 g/mol. The van der Waals surface area contributed by atoms with Gasteiger partial charge in [0.2, 0.25) is 6.30 Å². The summed E-state index contributed by atoms with van der Waals surface area (Å²) in [4.78, 5) is 21.0. The van der Waals surface area contributed by atoms with E-state index in [0.717, 1.165) is 35.4 Å². The van der Waals surface area contributed by atoms with Crippen LogP contribution in [0.1, 0.15) is 55.0 Å². The van der Waals surface area contributed by atoms with E-state index in [1.165, 1.54) is 59.2 Å². The maximum absolute atomic E-state index is 15.1. The van der Waals surface area contributed by atoms with E-state index in [-0.39, 0.29) is 29.0 Å². The number of ether oxygens (including phenoxy) is 2. The highest BCUT2D eigenvalue weighted by molar-refractivity contribution is 8.14. The van der Waals surface area contributed by atoms with Crippen LogP contribution < -0.4 is 14.8 Å². The number of halogens is 5. The summed E-state index contributed by atoms with van der Waals surface area (Å²) in [5.74, 6) is 1.36. The SMILES string of the molecule is COc1ccc(C(C)C)c(C2CCSC2=NC(=O)NC(F)C(F)c2ccc(-c3ncn(-c4ccc(OC(F)(F)F)cc4)n3)cc2)c1. The number of hydrogen-bond acceptors (Lipinski definition) is 6. The summed E-state index contributed by atoms with van der Waals surface area (Å²) in [5, 5.41) is 6.85. The number of carbonyl (C=O) groups is 1. The molecule has 1 fully saturated rings. The van der Waals surface area contributed by atoms with Crippen LogP contribution in [-0.4, -0.2) is 51.4 Å². The van der Waals surface area contributed by atoms with Gasteiger partial charge in [0.25, 0.3) is 0 Å². The molecule has 5 rings (SSSR count). The molecule has 1 aromatic heterocycles. The van der Waals surface area contributed by atoms with Gasteiger partial charge in [-0.3, -0.25) is 0 Å². The van der Waals surface area contributed by atoms with Gasteiger partial charge in [0.15, 0.2) is 12.0 Å². The van der Waals surface area contributed by atoms with E-state index in [1.807, 2.05) is 23.5 Å². The molecule has 242 valence electrons. The number of carbonyl (C=O) groups excluding carboxylic acids is 1. The summed E-state index contributed by atoms with van der Waals surface area (Å²) in [7, 11) is 1.58. The number of methoxy groups -OCH3 is 1. The van der Waals surface area contributed by atoms with Crippen LogP contribution in [-0.2, 0) is 0 Å². The average molecular weight is 660 g/mol. The molecule has 0 aliphatic carbocycles. The molecule has 4 aromatic rings. The van der Waals surface area contributed by atoms with Crippen molar-refractivity contribution in [2.24, 2.45) is 4.99 Å². The van der Waals surface area contributed by atoms with Crippen molar-refractivity contribution in [2.45, 2.75) is 50.9 Å². The van der Waals surface area contributed by atoms with Crippen LogP contribution >= 0.6 is 11.8 Å². The molecule has 1 aliphatic heterocycles. The number of nitrogens with one attached hydrogen (secondary N) is 1. The van der Waals surface area contributed by atoms with Gasteiger partial charge >= 0.3 is 12.4 Å². The Morgan fingerprint density at radius 2 is 1.74 bits per heavy atom. The molecule has 3 aromatic carbocycles. The first-order valence-corrected chi connectivity index (χ1v) is 15.3. The highest BCUT2D eigenvalue weighted by Crippen LogP contribution is 2.40. The van der Waals surface area contributed by atoms with Crippen molar-refractivity contribution in [3.05, 3.63) is 89.7 Å². The normalized spacial score (nSPS) is 17.2. The standard InChI is InChI=1S/C32H30F5N5O3S/c1-18(2)24-13-12-23(44-3)16-26(24)25-14-15-46-30(25)40-31(43)39-28(34)27(33)19-4-6-20(7-5-19)29-38-17-42(41-29)21-8-10-22(11-9-21)45-32(35,36)37/h4-13,16-18,25,27-28H,14-15H2,1-3H3,(H,39,43). The predicted molar refractivity (Wildman–Crippen MR) is 165 cm³/mol. The average Bonchev–Trinajstić information content (AvgIpc) is 3.70. The summed E-state index contributed by atoms with van der Waals surface area (Å²) in [5.41, 5.74) is 3.00. The fourth-order valence-electron chi connectivity index (χ4n) is 5.04. The first kappa shape index (κ1) is 32.9. The second-order valence-corrected chi connectivity index (χ2v) is 11.8. The summed E-state index contributed by atoms with van der Waals surface area (Å²) >= 11 is 1.41. The Kier molecular flexibility index (Phi) is 9.94. The zero-order valence-electron chi connectivity index (χ0n) is 25.0. The fourth-order valence-corrected chi connectivity index (χ4v) is 6.20. The number of amides is 2. The topological polar surface area (TPSA) is 90.6 Å². The maximum atomic E-state index is 15.1. The van der Waals surface area contributed by atoms with E-state index >= 15 is 4.39 Å². The second-order valence-electron chi connectivity index (χ2n) is 10.7. The Bertz CT molecular complexity index is 1690. The van der Waals surface area contributed by atoms with Crippen molar-refractivity contribution in [1.29, 1.82) is 0 Å². The molecule has 1 aliphatic rings. The number of alkyl halides is 5. The first-order valence-electron chi connectivity index (χ1n) is 14.3. The number of rotatable bonds is 9. The third-order valence-corrected chi connectivity index (χ3v) is 8.40. The van der Waals surface area contributed by atoms with E-state index in [4.69, 9.17) is 4.74 Å². The van der Waals surface area contributed by atoms with E-state index in [9.17, 15) is 22.4 Å². The van der Waals surface area contributed by atoms with Crippen molar-refractivity contribution in [2.75, 3.05) is 12.9 Å². The lowest BCUT2D eigenvalue weighted by Crippen LogP contribution is -2.33. The highest BCUT2D eigenvalue weighted by atomic mass is 32.2. The molecule has 2 heterocycles. The molecule has 0 bridgehead atoms. The molecule has 8 nitrogen and oxygen atoms in total. The maximum Gasteiger partial charge on any atom is 0.573 e. The lowest BCUT2D eigenvalue weighted by atomic mass is 9.88. The Labute approximate surface area is 266 Å². The van der Waals surface area contributed by atoms with E-state index in [2.05, 4.69) is 33.7 Å². The van der Waals surface area contributed by atoms with Crippen molar-refractivity contribution >= 4 is 22.8 Å². The Morgan fingerprint density at radius 1 is 1.04 bits per heavy atom. The molecule has 2 amide bonds. The number of aromatic nitrogens is 3. The van der Waals surface area contributed by atoms with Crippen LogP contribution in [0, 0.1) is 0 Å². The van der Waals surface area contributed by atoms with Crippen molar-refractivity contribution in [3.63, 3.8) is 0 Å². The molecule has 0 saturated carbocycles. The summed E-state index contributed by atoms with van der Waals surface area (Å²) in [6.07, 6.45) is -7.21. The lowest BCUT2D eigenvalue weighted by molar-refractivity contribution is -0.274. The van der Waals surface area contributed by atoms with E-state index in [1.54, 1.807) is 7.11 Å². The zero-order valence-corrected chi connectivity index (χ0v) is 25.8. The van der Waals surface area contributed by atoms with Crippen molar-refractivity contribution in [3.8, 4) is 28.6 Å². The monoisotopic (exact) mass is 659 g/mol. The minimum Gasteiger partial charge on any atom is -0.497 e. The van der Waals surface area contributed by atoms with Crippen LogP contribution in [0.5, 0.6) is 11.5 Å². The van der Waals surface area contributed by atoms with Gasteiger partial charge in [-0.2, -0.15) is 4.99 Å². The fraction of sp³-hybridized carbons (Fsp3) is 0.312. The van der Waals surface area contributed by atoms with E-state index < -0.39 is 24.9 Å². The van der Waals surface area contributed by atoms with Gasteiger partial charge in [-0.1, -0.05) is 44.2 Å². The molecule has 1 saturated heterocycles. The van der Waals surface area contributed by atoms with Crippen LogP contribution in [0.15, 0.2) is 78.0 Å². The van der Waals surface area contributed by atoms with Gasteiger partial charge in [0, 0.05) is 17.2 Å². The Hall–Kier alpha value is -4.46. The van der Waals surface area contributed by atoms with E-state index in [0.29, 0.717) is 22.0 Å². The molecule has 3 unspecified atom stereocenters. The van der Waals surface area contributed by atoms with Crippen LogP contribution in [0.2, 0.25) is 0 Å². The Balaban J connectivity index is 1.22. The molecule has 14 heteroatoms. The third kappa shape index (κ3) is 7.84. The summed E-state index contributed by atoms with van der Waals surface area (Å²) in [6.45, 7) is 4.15. The number of thioether (sulfide) groups is 1. The minimum atomic E-state index is -4.80. The molecule has 0 radical (unpaired) electrons. The largest absolute Gasteiger partial charge is 0.573 e. The number of urea groups is 1. The number of hydrogen-bond donors (Lipinski definition) is 1. The zero-order chi connectivity index (χ0) is 33.0. The Morgan fingerprint density at radius 3 is 2.39 bits per heavy atom. The smallest absolute Gasteiger partial charge is 0.497 e. The van der Waals surface area contributed by atoms with Gasteiger partial charge < -0.3 is 14.8 Å². The van der Waals surface area contributed by atoms with Gasteiger partial charge in [-0.25, -0.2) is 23.2 Å². The lowest BCUT2D eigenvalue weighted by Gasteiger charge is -2.19. The predicted octanol–water partition coefficient (Wildman–Crippen LogP) is 8.30. The quantitative estimate of drug-likeness (QED) is 0.144. The van der Waals surface area contributed by atoms with Gasteiger partial charge in [0.1, 0.15) is 17.8 Å². The van der Waals surface area contributed by atoms with Crippen LogP contribution in [0.25, 0.3) is 17.1 Å². The highest BCUT2D eigenvalue weighted by Gasteiger charge is 2.32. The number of benzene rings is 3. The van der Waals surface area contributed by atoms with Crippen LogP contribution in [0.4, 0.5) is 26.7 Å². The second kappa shape index (κ2) is 13.9. The van der Waals surface area contributed by atoms with Gasteiger partial charge in [-0.05, 0) is 65.4 Å². The van der Waals surface area contributed by atoms with Crippen molar-refractivity contribution in [1.82, 2.24) is 20.1 Å². The third-order valence-electron chi connectivity index (χ3n) is 7.29. The summed E-state index contributed by atoms with van der Waals surface area (Å²) < 4.78 is 77.8. The summed E-state index contributed by atoms with van der Waals surface area (Å²) in [6, 6.07) is 15.6. The molecule has 3 atom stereocenters. The molecular formula is C32H30F5N5O3S. The first-order chi connectivity index (χ1) is 21.9.